The first-order valence-corrected chi connectivity index (χ1v) is 9.09. The first-order chi connectivity index (χ1) is 12.8. The lowest BCUT2D eigenvalue weighted by atomic mass is 9.89. The molecule has 2 bridgehead atoms. The molecule has 0 saturated carbocycles. The van der Waals surface area contributed by atoms with E-state index in [-0.39, 0.29) is 11.7 Å². The molecular formula is C19H16BrFN2O4. The number of rotatable bonds is 2. The molecule has 1 fully saturated rings. The molecule has 0 unspecified atom stereocenters. The number of amides is 2. The maximum Gasteiger partial charge on any atom is 0.337 e. The SMILES string of the molecule is COC(=O)c1ccc2c(c1)[C@H]1C[C@@](C)(O2)N(c2ccc(Br)cc2F)C(=O)N1. The van der Waals surface area contributed by atoms with Crippen molar-refractivity contribution in [1.29, 1.82) is 0 Å². The topological polar surface area (TPSA) is 67.9 Å². The smallest absolute Gasteiger partial charge is 0.337 e. The van der Waals surface area contributed by atoms with Crippen molar-refractivity contribution in [3.05, 3.63) is 57.8 Å². The van der Waals surface area contributed by atoms with Crippen LogP contribution in [-0.4, -0.2) is 24.8 Å². The Kier molecular flexibility index (Phi) is 4.10. The molecule has 1 saturated heterocycles. The molecule has 2 atom stereocenters. The fraction of sp³-hybridized carbons (Fsp3) is 0.263. The van der Waals surface area contributed by atoms with Gasteiger partial charge in [-0.2, -0.15) is 0 Å². The summed E-state index contributed by atoms with van der Waals surface area (Å²) in [5.41, 5.74) is 0.131. The zero-order valence-corrected chi connectivity index (χ0v) is 16.2. The van der Waals surface area contributed by atoms with Gasteiger partial charge in [0.15, 0.2) is 5.72 Å². The number of carbonyl (C=O) groups excluding carboxylic acids is 2. The van der Waals surface area contributed by atoms with E-state index in [9.17, 15) is 14.0 Å². The molecule has 1 N–H and O–H groups in total. The summed E-state index contributed by atoms with van der Waals surface area (Å²) in [7, 11) is 1.31. The number of halogens is 2. The minimum absolute atomic E-state index is 0.131. The van der Waals surface area contributed by atoms with Crippen molar-refractivity contribution in [3.63, 3.8) is 0 Å². The van der Waals surface area contributed by atoms with Gasteiger partial charge < -0.3 is 14.8 Å². The molecule has 4 rings (SSSR count). The Morgan fingerprint density at radius 1 is 1.37 bits per heavy atom. The fourth-order valence-corrected chi connectivity index (χ4v) is 3.98. The van der Waals surface area contributed by atoms with Crippen molar-refractivity contribution in [2.45, 2.75) is 25.1 Å². The Bertz CT molecular complexity index is 967. The molecular weight excluding hydrogens is 419 g/mol. The molecule has 2 aromatic carbocycles. The second-order valence-corrected chi connectivity index (χ2v) is 7.57. The van der Waals surface area contributed by atoms with Gasteiger partial charge in [0, 0.05) is 16.5 Å². The molecule has 2 amide bonds. The number of urea groups is 1. The summed E-state index contributed by atoms with van der Waals surface area (Å²) in [5, 5.41) is 2.88. The summed E-state index contributed by atoms with van der Waals surface area (Å²) in [5.74, 6) is -0.467. The molecule has 0 aliphatic carbocycles. The van der Waals surface area contributed by atoms with E-state index in [1.165, 1.54) is 24.1 Å². The number of esters is 1. The Balaban J connectivity index is 1.77. The lowest BCUT2D eigenvalue weighted by Gasteiger charge is -2.50. The predicted molar refractivity (Wildman–Crippen MR) is 99.3 cm³/mol. The first-order valence-electron chi connectivity index (χ1n) is 8.29. The van der Waals surface area contributed by atoms with E-state index in [0.717, 1.165) is 0 Å². The number of nitrogens with zero attached hydrogens (tertiary/aromatic N) is 1. The molecule has 2 heterocycles. The van der Waals surface area contributed by atoms with Gasteiger partial charge in [-0.15, -0.1) is 0 Å². The van der Waals surface area contributed by atoms with E-state index in [4.69, 9.17) is 9.47 Å². The van der Waals surface area contributed by atoms with Crippen molar-refractivity contribution in [2.75, 3.05) is 12.0 Å². The zero-order chi connectivity index (χ0) is 19.3. The molecule has 140 valence electrons. The number of hydrogen-bond acceptors (Lipinski definition) is 4. The van der Waals surface area contributed by atoms with Crippen LogP contribution in [0, 0.1) is 5.82 Å². The van der Waals surface area contributed by atoms with Crippen molar-refractivity contribution < 1.29 is 23.5 Å². The van der Waals surface area contributed by atoms with Gasteiger partial charge in [-0.25, -0.2) is 14.0 Å². The first kappa shape index (κ1) is 17.8. The molecule has 0 spiro atoms. The monoisotopic (exact) mass is 434 g/mol. The van der Waals surface area contributed by atoms with Crippen LogP contribution in [0.2, 0.25) is 0 Å². The zero-order valence-electron chi connectivity index (χ0n) is 14.6. The average Bonchev–Trinajstić information content (AvgIpc) is 2.62. The number of methoxy groups -OCH3 is 1. The van der Waals surface area contributed by atoms with Crippen LogP contribution >= 0.6 is 15.9 Å². The molecule has 0 aromatic heterocycles. The highest BCUT2D eigenvalue weighted by Gasteiger charge is 2.50. The second-order valence-electron chi connectivity index (χ2n) is 6.66. The maximum absolute atomic E-state index is 14.5. The third-order valence-corrected chi connectivity index (χ3v) is 5.34. The van der Waals surface area contributed by atoms with E-state index >= 15 is 0 Å². The van der Waals surface area contributed by atoms with Crippen LogP contribution in [0.15, 0.2) is 40.9 Å². The summed E-state index contributed by atoms with van der Waals surface area (Å²) in [4.78, 5) is 25.9. The quantitative estimate of drug-likeness (QED) is 0.721. The highest BCUT2D eigenvalue weighted by atomic mass is 79.9. The minimum atomic E-state index is -1.07. The number of benzene rings is 2. The van der Waals surface area contributed by atoms with Crippen molar-refractivity contribution in [2.24, 2.45) is 0 Å². The summed E-state index contributed by atoms with van der Waals surface area (Å²) >= 11 is 3.22. The highest BCUT2D eigenvalue weighted by Crippen LogP contribution is 2.46. The Morgan fingerprint density at radius 2 is 2.15 bits per heavy atom. The Morgan fingerprint density at radius 3 is 2.85 bits per heavy atom. The van der Waals surface area contributed by atoms with Gasteiger partial charge >= 0.3 is 12.0 Å². The Hall–Kier alpha value is -2.61. The van der Waals surface area contributed by atoms with E-state index in [1.54, 1.807) is 31.2 Å². The molecule has 6 nitrogen and oxygen atoms in total. The van der Waals surface area contributed by atoms with Crippen LogP contribution in [0.5, 0.6) is 5.75 Å². The van der Waals surface area contributed by atoms with Gasteiger partial charge in [-0.1, -0.05) is 15.9 Å². The number of hydrogen-bond donors (Lipinski definition) is 1. The van der Waals surface area contributed by atoms with Gasteiger partial charge in [0.2, 0.25) is 0 Å². The number of carbonyl (C=O) groups is 2. The van der Waals surface area contributed by atoms with Gasteiger partial charge in [0.25, 0.3) is 0 Å². The van der Waals surface area contributed by atoms with Gasteiger partial charge in [0.05, 0.1) is 24.4 Å². The number of fused-ring (bicyclic) bond motifs is 4. The van der Waals surface area contributed by atoms with Gasteiger partial charge in [0.1, 0.15) is 11.6 Å². The van der Waals surface area contributed by atoms with Crippen LogP contribution in [0.3, 0.4) is 0 Å². The third kappa shape index (κ3) is 2.84. The number of ether oxygens (including phenoxy) is 2. The third-order valence-electron chi connectivity index (χ3n) is 4.84. The van der Waals surface area contributed by atoms with E-state index in [1.807, 2.05) is 0 Å². The minimum Gasteiger partial charge on any atom is -0.467 e. The van der Waals surface area contributed by atoms with Crippen LogP contribution in [-0.2, 0) is 4.74 Å². The van der Waals surface area contributed by atoms with Crippen molar-refractivity contribution >= 4 is 33.6 Å². The van der Waals surface area contributed by atoms with Crippen LogP contribution in [0.25, 0.3) is 0 Å². The van der Waals surface area contributed by atoms with E-state index in [2.05, 4.69) is 21.2 Å². The van der Waals surface area contributed by atoms with E-state index < -0.39 is 23.5 Å². The largest absolute Gasteiger partial charge is 0.467 e. The fourth-order valence-electron chi connectivity index (χ4n) is 3.65. The standard InChI is InChI=1S/C19H16BrFN2O4/c1-19-9-14(12-7-10(17(24)26-2)3-6-16(12)27-19)22-18(25)23(19)15-5-4-11(20)8-13(15)21/h3-8,14H,9H2,1-2H3,(H,22,25)/t14-,19-/m1/s1. The molecule has 2 aliphatic rings. The van der Waals surface area contributed by atoms with Gasteiger partial charge in [-0.3, -0.25) is 4.90 Å². The summed E-state index contributed by atoms with van der Waals surface area (Å²) in [6, 6.07) is 8.60. The van der Waals surface area contributed by atoms with Crippen LogP contribution < -0.4 is 15.0 Å². The number of nitrogens with one attached hydrogen (secondary N) is 1. The lowest BCUT2D eigenvalue weighted by Crippen LogP contribution is -2.65. The molecule has 27 heavy (non-hydrogen) atoms. The van der Waals surface area contributed by atoms with E-state index in [0.29, 0.717) is 27.8 Å². The highest BCUT2D eigenvalue weighted by molar-refractivity contribution is 9.10. The lowest BCUT2D eigenvalue weighted by molar-refractivity contribution is 0.0372. The van der Waals surface area contributed by atoms with Crippen molar-refractivity contribution in [3.8, 4) is 5.75 Å². The normalized spacial score (nSPS) is 23.2. The maximum atomic E-state index is 14.5. The van der Waals surface area contributed by atoms with Crippen LogP contribution in [0.1, 0.15) is 35.3 Å². The predicted octanol–water partition coefficient (Wildman–Crippen LogP) is 4.14. The number of anilines is 1. The van der Waals surface area contributed by atoms with Gasteiger partial charge in [-0.05, 0) is 43.3 Å². The molecule has 8 heteroatoms. The molecule has 2 aliphatic heterocycles. The second kappa shape index (κ2) is 6.23. The molecule has 2 aromatic rings. The van der Waals surface area contributed by atoms with Crippen LogP contribution in [0.4, 0.5) is 14.9 Å². The Labute approximate surface area is 163 Å². The van der Waals surface area contributed by atoms with Crippen molar-refractivity contribution in [1.82, 2.24) is 5.32 Å². The molecule has 0 radical (unpaired) electrons. The summed E-state index contributed by atoms with van der Waals surface area (Å²) < 4.78 is 26.0. The summed E-state index contributed by atoms with van der Waals surface area (Å²) in [6.45, 7) is 1.75. The average molecular weight is 435 g/mol. The summed E-state index contributed by atoms with van der Waals surface area (Å²) in [6.07, 6.45) is 0.395.